The molecule has 0 spiro atoms. The van der Waals surface area contributed by atoms with Crippen molar-refractivity contribution < 1.29 is 19.1 Å². The molecule has 2 aromatic rings. The van der Waals surface area contributed by atoms with Gasteiger partial charge in [-0.15, -0.1) is 23.1 Å². The molecule has 180 valence electrons. The van der Waals surface area contributed by atoms with Crippen molar-refractivity contribution in [2.75, 3.05) is 36.9 Å². The Kier molecular flexibility index (Phi) is 7.14. The number of nitrogens with one attached hydrogen (secondary N) is 1. The molecule has 4 heterocycles. The van der Waals surface area contributed by atoms with Gasteiger partial charge in [-0.2, -0.15) is 11.8 Å². The molecule has 3 aliphatic rings. The number of hydrogen-bond donors (Lipinski definition) is 1. The lowest BCUT2D eigenvalue weighted by Gasteiger charge is -2.56. The van der Waals surface area contributed by atoms with Gasteiger partial charge in [0, 0.05) is 41.9 Å². The highest BCUT2D eigenvalue weighted by Crippen LogP contribution is 2.42. The van der Waals surface area contributed by atoms with Crippen LogP contribution in [0, 0.1) is 0 Å². The van der Waals surface area contributed by atoms with E-state index in [2.05, 4.69) is 15.2 Å². The van der Waals surface area contributed by atoms with Crippen LogP contribution < -0.4 is 5.32 Å². The molecule has 3 atom stereocenters. The summed E-state index contributed by atoms with van der Waals surface area (Å²) in [6, 6.07) is 9.07. The molecule has 0 bridgehead atoms. The molecular formula is C23H26N4O4S3. The Bertz CT molecular complexity index is 1030. The van der Waals surface area contributed by atoms with E-state index in [0.717, 1.165) is 35.2 Å². The molecular weight excluding hydrogens is 492 g/mol. The van der Waals surface area contributed by atoms with Crippen LogP contribution in [0.4, 0.5) is 0 Å². The number of nitrogens with zero attached hydrogens (tertiary/aromatic N) is 3. The first-order valence-electron chi connectivity index (χ1n) is 11.2. The second-order valence-corrected chi connectivity index (χ2v) is 11.8. The van der Waals surface area contributed by atoms with Crippen LogP contribution >= 0.6 is 34.9 Å². The lowest BCUT2D eigenvalue weighted by Crippen LogP contribution is -2.78. The minimum atomic E-state index is -0.873. The van der Waals surface area contributed by atoms with Gasteiger partial charge < -0.3 is 15.0 Å². The zero-order valence-corrected chi connectivity index (χ0v) is 21.0. The Morgan fingerprint density at radius 1 is 1.21 bits per heavy atom. The van der Waals surface area contributed by atoms with Crippen molar-refractivity contribution in [3.05, 3.63) is 52.5 Å². The van der Waals surface area contributed by atoms with E-state index in [0.29, 0.717) is 12.3 Å². The second kappa shape index (κ2) is 10.3. The molecule has 2 unspecified atom stereocenters. The number of amides is 2. The number of esters is 1. The minimum Gasteiger partial charge on any atom is -0.459 e. The van der Waals surface area contributed by atoms with Crippen molar-refractivity contribution in [2.45, 2.75) is 30.0 Å². The molecule has 0 radical (unpaired) electrons. The number of fused-ring (bicyclic) bond motifs is 1. The highest BCUT2D eigenvalue weighted by molar-refractivity contribution is 8.00. The summed E-state index contributed by atoms with van der Waals surface area (Å²) in [6.07, 6.45) is 1.83. The molecule has 3 aliphatic heterocycles. The second-order valence-electron chi connectivity index (χ2n) is 8.51. The Morgan fingerprint density at radius 2 is 2.00 bits per heavy atom. The van der Waals surface area contributed by atoms with Crippen LogP contribution in [0.25, 0.3) is 0 Å². The zero-order valence-electron chi connectivity index (χ0n) is 18.6. The fraction of sp³-hybridized carbons (Fsp3) is 0.478. The summed E-state index contributed by atoms with van der Waals surface area (Å²) in [5.41, 5.74) is 0.0622. The maximum absolute atomic E-state index is 13.5. The van der Waals surface area contributed by atoms with Gasteiger partial charge in [-0.3, -0.25) is 14.5 Å². The lowest BCUT2D eigenvalue weighted by molar-refractivity contribution is -0.166. The smallest absolute Gasteiger partial charge is 0.329 e. The van der Waals surface area contributed by atoms with Gasteiger partial charge in [0.25, 0.3) is 0 Å². The van der Waals surface area contributed by atoms with Crippen molar-refractivity contribution in [3.63, 3.8) is 0 Å². The van der Waals surface area contributed by atoms with Crippen LogP contribution in [0.3, 0.4) is 0 Å². The summed E-state index contributed by atoms with van der Waals surface area (Å²) in [4.78, 5) is 47.0. The molecule has 3 saturated heterocycles. The third-order valence-corrected chi connectivity index (χ3v) is 9.62. The number of hydrogen-bond acceptors (Lipinski definition) is 9. The van der Waals surface area contributed by atoms with E-state index in [-0.39, 0.29) is 36.2 Å². The number of thioether (sulfide) groups is 2. The van der Waals surface area contributed by atoms with Crippen molar-refractivity contribution in [2.24, 2.45) is 0 Å². The summed E-state index contributed by atoms with van der Waals surface area (Å²) in [5, 5.41) is 5.25. The number of rotatable bonds is 7. The van der Waals surface area contributed by atoms with Gasteiger partial charge in [-0.1, -0.05) is 30.3 Å². The summed E-state index contributed by atoms with van der Waals surface area (Å²) < 4.78 is 5.80. The summed E-state index contributed by atoms with van der Waals surface area (Å²) in [7, 11) is 0. The molecule has 11 heteroatoms. The summed E-state index contributed by atoms with van der Waals surface area (Å²) in [5.74, 6) is 1.80. The van der Waals surface area contributed by atoms with Crippen LogP contribution in [0.2, 0.25) is 0 Å². The monoisotopic (exact) mass is 518 g/mol. The summed E-state index contributed by atoms with van der Waals surface area (Å²) >= 11 is 4.85. The van der Waals surface area contributed by atoms with Crippen molar-refractivity contribution in [3.8, 4) is 0 Å². The Morgan fingerprint density at radius 3 is 2.74 bits per heavy atom. The van der Waals surface area contributed by atoms with E-state index in [9.17, 15) is 14.4 Å². The first kappa shape index (κ1) is 23.7. The SMILES string of the molecule is O=C(Cc1nccs1)NC1C(=O)N2CC(C(=O)OCc3ccccc3)(N3CCSCC3)CS[C@H]12. The molecule has 0 saturated carbocycles. The van der Waals surface area contributed by atoms with E-state index in [1.807, 2.05) is 47.5 Å². The van der Waals surface area contributed by atoms with Crippen LogP contribution in [0.5, 0.6) is 0 Å². The predicted molar refractivity (Wildman–Crippen MR) is 134 cm³/mol. The molecule has 2 amide bonds. The van der Waals surface area contributed by atoms with Gasteiger partial charge in [-0.05, 0) is 5.56 Å². The normalized spacial score (nSPS) is 26.9. The van der Waals surface area contributed by atoms with Crippen LogP contribution in [0.1, 0.15) is 10.6 Å². The molecule has 1 aromatic heterocycles. The number of ether oxygens (including phenoxy) is 1. The standard InChI is InChI=1S/C23H26N4O4S3/c28-17(12-18-24-6-9-33-18)25-19-20(29)27-14-23(15-34-21(19)27,26-7-10-32-11-8-26)22(30)31-13-16-4-2-1-3-5-16/h1-6,9,19,21H,7-8,10-15H2,(H,25,28)/t19?,21-,23?/m1/s1. The zero-order chi connectivity index (χ0) is 23.5. The van der Waals surface area contributed by atoms with E-state index in [1.54, 1.807) is 22.9 Å². The van der Waals surface area contributed by atoms with E-state index in [4.69, 9.17) is 4.74 Å². The van der Waals surface area contributed by atoms with Crippen LogP contribution in [-0.2, 0) is 32.1 Å². The van der Waals surface area contributed by atoms with E-state index >= 15 is 0 Å². The molecule has 5 rings (SSSR count). The fourth-order valence-electron chi connectivity index (χ4n) is 4.56. The minimum absolute atomic E-state index is 0.142. The number of benzene rings is 1. The molecule has 1 aromatic carbocycles. The van der Waals surface area contributed by atoms with Crippen LogP contribution in [0.15, 0.2) is 41.9 Å². The fourth-order valence-corrected chi connectivity index (χ4v) is 7.65. The average Bonchev–Trinajstić information content (AvgIpc) is 3.39. The third-order valence-electron chi connectivity index (χ3n) is 6.39. The Balaban J connectivity index is 1.26. The number of carbonyl (C=O) groups is 3. The van der Waals surface area contributed by atoms with Crippen LogP contribution in [-0.4, -0.2) is 86.4 Å². The highest BCUT2D eigenvalue weighted by atomic mass is 32.2. The predicted octanol–water partition coefficient (Wildman–Crippen LogP) is 1.62. The Labute approximate surface area is 210 Å². The maximum Gasteiger partial charge on any atom is 0.329 e. The molecule has 34 heavy (non-hydrogen) atoms. The van der Waals surface area contributed by atoms with Gasteiger partial charge in [0.05, 0.1) is 13.0 Å². The molecule has 3 fully saturated rings. The maximum atomic E-state index is 13.5. The Hall–Kier alpha value is -2.08. The van der Waals surface area contributed by atoms with Crippen molar-refractivity contribution in [1.29, 1.82) is 0 Å². The van der Waals surface area contributed by atoms with Gasteiger partial charge in [-0.25, -0.2) is 9.78 Å². The first-order valence-corrected chi connectivity index (χ1v) is 14.3. The number of carbonyl (C=O) groups excluding carboxylic acids is 3. The third kappa shape index (κ3) is 4.71. The van der Waals surface area contributed by atoms with Crippen molar-refractivity contribution in [1.82, 2.24) is 20.1 Å². The number of aromatic nitrogens is 1. The number of β-lactam (4-membered cyclic amide) rings is 1. The highest BCUT2D eigenvalue weighted by Gasteiger charge is 2.59. The first-order chi connectivity index (χ1) is 16.6. The number of thiazole rings is 1. The van der Waals surface area contributed by atoms with Gasteiger partial charge in [0.1, 0.15) is 28.6 Å². The van der Waals surface area contributed by atoms with Crippen molar-refractivity contribution >= 4 is 52.6 Å². The van der Waals surface area contributed by atoms with E-state index in [1.165, 1.54) is 11.3 Å². The summed E-state index contributed by atoms with van der Waals surface area (Å²) in [6.45, 7) is 2.07. The average molecular weight is 519 g/mol. The van der Waals surface area contributed by atoms with E-state index < -0.39 is 11.6 Å². The molecule has 1 N–H and O–H groups in total. The lowest BCUT2D eigenvalue weighted by atomic mass is 9.94. The quantitative estimate of drug-likeness (QED) is 0.437. The molecule has 8 nitrogen and oxygen atoms in total. The van der Waals surface area contributed by atoms with Gasteiger partial charge >= 0.3 is 5.97 Å². The largest absolute Gasteiger partial charge is 0.459 e. The topological polar surface area (TPSA) is 91.8 Å². The van der Waals surface area contributed by atoms with Gasteiger partial charge in [0.2, 0.25) is 11.8 Å². The van der Waals surface area contributed by atoms with Gasteiger partial charge in [0.15, 0.2) is 0 Å². The molecule has 0 aliphatic carbocycles.